The van der Waals surface area contributed by atoms with Crippen LogP contribution in [0.3, 0.4) is 0 Å². The maximum absolute atomic E-state index is 13.4. The van der Waals surface area contributed by atoms with E-state index < -0.39 is 0 Å². The molecule has 0 aliphatic rings. The number of aliphatic imine (C=N–C) groups is 1. The van der Waals surface area contributed by atoms with Crippen LogP contribution in [0.2, 0.25) is 0 Å². The predicted octanol–water partition coefficient (Wildman–Crippen LogP) is 1.53. The lowest BCUT2D eigenvalue weighted by Crippen LogP contribution is -2.38. The standard InChI is InChI=1S/C13H20FN3O/c1-3-18-9-8-16-13(15-2)17-10-11-6-4-5-7-12(11)14/h4-7H,3,8-10H2,1-2H3,(H2,15,16,17). The Morgan fingerprint density at radius 2 is 2.11 bits per heavy atom. The van der Waals surface area contributed by atoms with Crippen LogP contribution in [0.4, 0.5) is 4.39 Å². The number of hydrogen-bond donors (Lipinski definition) is 2. The fourth-order valence-electron chi connectivity index (χ4n) is 1.43. The number of rotatable bonds is 6. The molecule has 0 spiro atoms. The molecule has 0 radical (unpaired) electrons. The molecule has 0 aliphatic heterocycles. The van der Waals surface area contributed by atoms with Crippen molar-refractivity contribution < 1.29 is 9.13 Å². The number of guanidine groups is 1. The molecule has 18 heavy (non-hydrogen) atoms. The second kappa shape index (κ2) is 8.47. The molecule has 0 amide bonds. The Balaban J connectivity index is 2.34. The lowest BCUT2D eigenvalue weighted by molar-refractivity contribution is 0.152. The minimum atomic E-state index is -0.213. The van der Waals surface area contributed by atoms with Gasteiger partial charge in [-0.05, 0) is 13.0 Å². The molecule has 0 aliphatic carbocycles. The van der Waals surface area contributed by atoms with Crippen molar-refractivity contribution in [2.75, 3.05) is 26.8 Å². The van der Waals surface area contributed by atoms with Crippen LogP contribution in [0.5, 0.6) is 0 Å². The molecule has 2 N–H and O–H groups in total. The summed E-state index contributed by atoms with van der Waals surface area (Å²) >= 11 is 0. The number of benzene rings is 1. The van der Waals surface area contributed by atoms with Gasteiger partial charge in [0.2, 0.25) is 0 Å². The number of ether oxygens (including phenoxy) is 1. The summed E-state index contributed by atoms with van der Waals surface area (Å²) < 4.78 is 18.6. The highest BCUT2D eigenvalue weighted by atomic mass is 19.1. The van der Waals surface area contributed by atoms with Gasteiger partial charge in [-0.25, -0.2) is 4.39 Å². The fourth-order valence-corrected chi connectivity index (χ4v) is 1.43. The van der Waals surface area contributed by atoms with E-state index >= 15 is 0 Å². The zero-order valence-electron chi connectivity index (χ0n) is 10.9. The van der Waals surface area contributed by atoms with Crippen LogP contribution < -0.4 is 10.6 Å². The molecule has 0 heterocycles. The SMILES string of the molecule is CCOCCNC(=NC)NCc1ccccc1F. The van der Waals surface area contributed by atoms with Gasteiger partial charge in [-0.2, -0.15) is 0 Å². The Hall–Kier alpha value is -1.62. The summed E-state index contributed by atoms with van der Waals surface area (Å²) in [4.78, 5) is 4.05. The van der Waals surface area contributed by atoms with Gasteiger partial charge in [0, 0.05) is 32.3 Å². The van der Waals surface area contributed by atoms with Crippen LogP contribution in [0.1, 0.15) is 12.5 Å². The first-order valence-electron chi connectivity index (χ1n) is 6.03. The molecule has 0 atom stereocenters. The third-order valence-electron chi connectivity index (χ3n) is 2.37. The summed E-state index contributed by atoms with van der Waals surface area (Å²) in [6.45, 7) is 4.34. The van der Waals surface area contributed by atoms with E-state index in [-0.39, 0.29) is 5.82 Å². The van der Waals surface area contributed by atoms with Crippen molar-refractivity contribution >= 4 is 5.96 Å². The second-order valence-electron chi connectivity index (χ2n) is 3.64. The first-order chi connectivity index (χ1) is 8.77. The van der Waals surface area contributed by atoms with Crippen molar-refractivity contribution in [2.45, 2.75) is 13.5 Å². The van der Waals surface area contributed by atoms with E-state index in [0.29, 0.717) is 37.8 Å². The van der Waals surface area contributed by atoms with Crippen molar-refractivity contribution in [3.8, 4) is 0 Å². The Kier molecular flexibility index (Phi) is 6.79. The molecule has 0 saturated carbocycles. The van der Waals surface area contributed by atoms with Crippen LogP contribution in [-0.2, 0) is 11.3 Å². The van der Waals surface area contributed by atoms with Crippen molar-refractivity contribution in [1.82, 2.24) is 10.6 Å². The first-order valence-corrected chi connectivity index (χ1v) is 6.03. The van der Waals surface area contributed by atoms with E-state index in [2.05, 4.69) is 15.6 Å². The highest BCUT2D eigenvalue weighted by Gasteiger charge is 2.01. The summed E-state index contributed by atoms with van der Waals surface area (Å²) in [7, 11) is 1.68. The van der Waals surface area contributed by atoms with Gasteiger partial charge in [-0.15, -0.1) is 0 Å². The van der Waals surface area contributed by atoms with E-state index in [1.807, 2.05) is 13.0 Å². The van der Waals surface area contributed by atoms with Gasteiger partial charge in [0.05, 0.1) is 6.61 Å². The molecule has 100 valence electrons. The van der Waals surface area contributed by atoms with Gasteiger partial charge in [0.25, 0.3) is 0 Å². The normalized spacial score (nSPS) is 11.4. The molecule has 1 rings (SSSR count). The summed E-state index contributed by atoms with van der Waals surface area (Å²) in [5.74, 6) is 0.424. The average molecular weight is 253 g/mol. The Bertz CT molecular complexity index is 382. The monoisotopic (exact) mass is 253 g/mol. The summed E-state index contributed by atoms with van der Waals surface area (Å²) in [5, 5.41) is 6.13. The van der Waals surface area contributed by atoms with E-state index in [0.717, 1.165) is 0 Å². The zero-order valence-corrected chi connectivity index (χ0v) is 10.9. The van der Waals surface area contributed by atoms with Gasteiger partial charge in [-0.3, -0.25) is 4.99 Å². The van der Waals surface area contributed by atoms with Gasteiger partial charge in [-0.1, -0.05) is 18.2 Å². The summed E-state index contributed by atoms with van der Waals surface area (Å²) in [6.07, 6.45) is 0. The van der Waals surface area contributed by atoms with Gasteiger partial charge in [0.1, 0.15) is 5.82 Å². The maximum Gasteiger partial charge on any atom is 0.191 e. The molecule has 0 fully saturated rings. The fraction of sp³-hybridized carbons (Fsp3) is 0.462. The number of halogens is 1. The number of nitrogens with one attached hydrogen (secondary N) is 2. The lowest BCUT2D eigenvalue weighted by atomic mass is 10.2. The number of hydrogen-bond acceptors (Lipinski definition) is 2. The largest absolute Gasteiger partial charge is 0.380 e. The van der Waals surface area contributed by atoms with Crippen molar-refractivity contribution in [1.29, 1.82) is 0 Å². The number of nitrogens with zero attached hydrogens (tertiary/aromatic N) is 1. The average Bonchev–Trinajstić information content (AvgIpc) is 2.40. The second-order valence-corrected chi connectivity index (χ2v) is 3.64. The van der Waals surface area contributed by atoms with Gasteiger partial charge >= 0.3 is 0 Å². The van der Waals surface area contributed by atoms with Crippen molar-refractivity contribution in [3.63, 3.8) is 0 Å². The van der Waals surface area contributed by atoms with Crippen LogP contribution in [0.25, 0.3) is 0 Å². The molecule has 0 saturated heterocycles. The van der Waals surface area contributed by atoms with E-state index in [4.69, 9.17) is 4.74 Å². The summed E-state index contributed by atoms with van der Waals surface area (Å²) in [5.41, 5.74) is 0.616. The van der Waals surface area contributed by atoms with Crippen LogP contribution in [-0.4, -0.2) is 32.8 Å². The Morgan fingerprint density at radius 3 is 2.78 bits per heavy atom. The Labute approximate surface area is 107 Å². The topological polar surface area (TPSA) is 45.6 Å². The van der Waals surface area contributed by atoms with Crippen molar-refractivity contribution in [2.24, 2.45) is 4.99 Å². The van der Waals surface area contributed by atoms with Crippen molar-refractivity contribution in [3.05, 3.63) is 35.6 Å². The van der Waals surface area contributed by atoms with Crippen LogP contribution in [0, 0.1) is 5.82 Å². The Morgan fingerprint density at radius 1 is 1.33 bits per heavy atom. The van der Waals surface area contributed by atoms with Crippen LogP contribution in [0.15, 0.2) is 29.3 Å². The molecule has 0 unspecified atom stereocenters. The van der Waals surface area contributed by atoms with E-state index in [1.165, 1.54) is 6.07 Å². The molecule has 5 heteroatoms. The van der Waals surface area contributed by atoms with E-state index in [9.17, 15) is 4.39 Å². The molecule has 0 bridgehead atoms. The first kappa shape index (κ1) is 14.4. The third kappa shape index (κ3) is 5.14. The smallest absolute Gasteiger partial charge is 0.191 e. The minimum absolute atomic E-state index is 0.213. The molecule has 1 aromatic rings. The quantitative estimate of drug-likeness (QED) is 0.459. The van der Waals surface area contributed by atoms with E-state index in [1.54, 1.807) is 19.2 Å². The lowest BCUT2D eigenvalue weighted by Gasteiger charge is -2.12. The summed E-state index contributed by atoms with van der Waals surface area (Å²) in [6, 6.07) is 6.68. The molecule has 4 nitrogen and oxygen atoms in total. The highest BCUT2D eigenvalue weighted by Crippen LogP contribution is 2.05. The van der Waals surface area contributed by atoms with Crippen LogP contribution >= 0.6 is 0 Å². The molecule has 1 aromatic carbocycles. The third-order valence-corrected chi connectivity index (χ3v) is 2.37. The highest BCUT2D eigenvalue weighted by molar-refractivity contribution is 5.79. The molecular formula is C13H20FN3O. The minimum Gasteiger partial charge on any atom is -0.380 e. The van der Waals surface area contributed by atoms with Gasteiger partial charge in [0.15, 0.2) is 5.96 Å². The zero-order chi connectivity index (χ0) is 13.2. The molecule has 0 aromatic heterocycles. The molecular weight excluding hydrogens is 233 g/mol. The van der Waals surface area contributed by atoms with Gasteiger partial charge < -0.3 is 15.4 Å². The predicted molar refractivity (Wildman–Crippen MR) is 71.1 cm³/mol. The maximum atomic E-state index is 13.4.